The van der Waals surface area contributed by atoms with E-state index < -0.39 is 0 Å². The monoisotopic (exact) mass is 426 g/mol. The predicted octanol–water partition coefficient (Wildman–Crippen LogP) is 10.3. The van der Waals surface area contributed by atoms with Gasteiger partial charge in [0.15, 0.2) is 0 Å². The molecule has 31 heavy (non-hydrogen) atoms. The lowest BCUT2D eigenvalue weighted by atomic mass is 9.68. The maximum absolute atomic E-state index is 3.98. The number of unbranched alkanes of at least 4 members (excludes halogenated alkanes) is 4. The van der Waals surface area contributed by atoms with Crippen LogP contribution < -0.4 is 0 Å². The lowest BCUT2D eigenvalue weighted by Crippen LogP contribution is -2.25. The SMILES string of the molecule is C=CC1CCC(C=CCCC2CCC(C3CCC(CCCCCCC)CC3)CC2)CC1. The predicted molar refractivity (Wildman–Crippen MR) is 138 cm³/mol. The van der Waals surface area contributed by atoms with Crippen LogP contribution in [-0.2, 0) is 0 Å². The van der Waals surface area contributed by atoms with Gasteiger partial charge < -0.3 is 0 Å². The molecule has 0 radical (unpaired) electrons. The molecule has 0 bridgehead atoms. The number of rotatable bonds is 12. The maximum atomic E-state index is 3.98. The van der Waals surface area contributed by atoms with Crippen LogP contribution in [0.25, 0.3) is 0 Å². The van der Waals surface area contributed by atoms with E-state index in [1.54, 1.807) is 38.5 Å². The van der Waals surface area contributed by atoms with Gasteiger partial charge in [-0.05, 0) is 99.7 Å². The molecule has 0 amide bonds. The Labute approximate surface area is 195 Å². The minimum absolute atomic E-state index is 0.797. The Morgan fingerprint density at radius 3 is 1.74 bits per heavy atom. The Bertz CT molecular complexity index is 478. The number of allylic oxidation sites excluding steroid dienone is 3. The summed E-state index contributed by atoms with van der Waals surface area (Å²) < 4.78 is 0. The van der Waals surface area contributed by atoms with Crippen molar-refractivity contribution in [2.45, 2.75) is 135 Å². The van der Waals surface area contributed by atoms with E-state index in [9.17, 15) is 0 Å². The van der Waals surface area contributed by atoms with Crippen molar-refractivity contribution < 1.29 is 0 Å². The highest BCUT2D eigenvalue weighted by Gasteiger charge is 2.30. The molecule has 0 nitrogen and oxygen atoms in total. The van der Waals surface area contributed by atoms with Crippen molar-refractivity contribution in [2.24, 2.45) is 35.5 Å². The summed E-state index contributed by atoms with van der Waals surface area (Å²) in [5.74, 6) is 5.92. The van der Waals surface area contributed by atoms with Crippen LogP contribution >= 0.6 is 0 Å². The first-order chi connectivity index (χ1) is 15.3. The van der Waals surface area contributed by atoms with Crippen molar-refractivity contribution in [3.63, 3.8) is 0 Å². The third-order valence-electron chi connectivity index (χ3n) is 9.47. The summed E-state index contributed by atoms with van der Waals surface area (Å²) in [5, 5.41) is 0. The molecule has 0 aromatic heterocycles. The van der Waals surface area contributed by atoms with Gasteiger partial charge in [-0.3, -0.25) is 0 Å². The molecule has 0 aliphatic heterocycles. The molecule has 3 saturated carbocycles. The standard InChI is InChI=1S/C31H54/c1-3-5-6-7-8-11-28-18-22-30(23-19-28)31-24-20-29(21-25-31)13-10-9-12-27-16-14-26(4-2)15-17-27/h4,9,12,26-31H,2-3,5-8,10-11,13-25H2,1H3. The van der Waals surface area contributed by atoms with Gasteiger partial charge in [0.05, 0.1) is 0 Å². The Kier molecular flexibility index (Phi) is 11.8. The zero-order valence-corrected chi connectivity index (χ0v) is 21.0. The summed E-state index contributed by atoms with van der Waals surface area (Å²) in [6.45, 7) is 6.30. The Morgan fingerprint density at radius 2 is 1.16 bits per heavy atom. The molecule has 0 saturated heterocycles. The molecule has 0 aromatic rings. The summed E-state index contributed by atoms with van der Waals surface area (Å²) in [6, 6.07) is 0. The van der Waals surface area contributed by atoms with E-state index in [4.69, 9.17) is 0 Å². The lowest BCUT2D eigenvalue weighted by molar-refractivity contribution is 0.140. The average Bonchev–Trinajstić information content (AvgIpc) is 2.83. The fourth-order valence-corrected chi connectivity index (χ4v) is 7.13. The minimum Gasteiger partial charge on any atom is -0.103 e. The third-order valence-corrected chi connectivity index (χ3v) is 9.47. The number of hydrogen-bond acceptors (Lipinski definition) is 0. The highest BCUT2D eigenvalue weighted by Crippen LogP contribution is 2.43. The van der Waals surface area contributed by atoms with Gasteiger partial charge in [-0.2, -0.15) is 0 Å². The fourth-order valence-electron chi connectivity index (χ4n) is 7.13. The molecule has 0 N–H and O–H groups in total. The molecular weight excluding hydrogens is 372 g/mol. The summed E-state index contributed by atoms with van der Waals surface area (Å²) in [6.07, 6.45) is 36.8. The van der Waals surface area contributed by atoms with Crippen molar-refractivity contribution >= 4 is 0 Å². The van der Waals surface area contributed by atoms with Crippen molar-refractivity contribution in [3.8, 4) is 0 Å². The summed E-state index contributed by atoms with van der Waals surface area (Å²) in [7, 11) is 0. The smallest absolute Gasteiger partial charge is 0.0233 e. The van der Waals surface area contributed by atoms with Crippen LogP contribution in [0.2, 0.25) is 0 Å². The van der Waals surface area contributed by atoms with Gasteiger partial charge in [-0.25, -0.2) is 0 Å². The highest BCUT2D eigenvalue weighted by molar-refractivity contribution is 4.94. The van der Waals surface area contributed by atoms with Gasteiger partial charge >= 0.3 is 0 Å². The van der Waals surface area contributed by atoms with Crippen LogP contribution in [0.15, 0.2) is 24.8 Å². The van der Waals surface area contributed by atoms with E-state index in [0.29, 0.717) is 0 Å². The maximum Gasteiger partial charge on any atom is -0.0233 e. The lowest BCUT2D eigenvalue weighted by Gasteiger charge is -2.38. The van der Waals surface area contributed by atoms with Gasteiger partial charge in [0.25, 0.3) is 0 Å². The van der Waals surface area contributed by atoms with Crippen LogP contribution in [0.4, 0.5) is 0 Å². The van der Waals surface area contributed by atoms with Crippen LogP contribution in [0.5, 0.6) is 0 Å². The molecule has 178 valence electrons. The van der Waals surface area contributed by atoms with E-state index in [0.717, 1.165) is 35.5 Å². The van der Waals surface area contributed by atoms with Gasteiger partial charge in [-0.1, -0.05) is 89.4 Å². The first-order valence-corrected chi connectivity index (χ1v) is 14.6. The van der Waals surface area contributed by atoms with E-state index in [1.807, 2.05) is 0 Å². The van der Waals surface area contributed by atoms with Crippen LogP contribution in [0.1, 0.15) is 135 Å². The second-order valence-electron chi connectivity index (χ2n) is 11.7. The fraction of sp³-hybridized carbons (Fsp3) is 0.871. The molecule has 0 unspecified atom stereocenters. The zero-order valence-electron chi connectivity index (χ0n) is 21.0. The molecular formula is C31H54. The van der Waals surface area contributed by atoms with E-state index in [1.165, 1.54) is 89.9 Å². The number of hydrogen-bond donors (Lipinski definition) is 0. The second kappa shape index (κ2) is 14.6. The minimum atomic E-state index is 0.797. The Morgan fingerprint density at radius 1 is 0.613 bits per heavy atom. The van der Waals surface area contributed by atoms with Crippen LogP contribution in [0, 0.1) is 35.5 Å². The molecule has 3 rings (SSSR count). The molecule has 3 aliphatic carbocycles. The van der Waals surface area contributed by atoms with Crippen molar-refractivity contribution in [1.29, 1.82) is 0 Å². The van der Waals surface area contributed by atoms with Crippen molar-refractivity contribution in [3.05, 3.63) is 24.8 Å². The molecule has 0 heteroatoms. The summed E-state index contributed by atoms with van der Waals surface area (Å²) in [4.78, 5) is 0. The first kappa shape index (κ1) is 25.1. The van der Waals surface area contributed by atoms with Gasteiger partial charge in [-0.15, -0.1) is 6.58 Å². The third kappa shape index (κ3) is 9.09. The summed E-state index contributed by atoms with van der Waals surface area (Å²) in [5.41, 5.74) is 0. The van der Waals surface area contributed by atoms with Gasteiger partial charge in [0.1, 0.15) is 0 Å². The zero-order chi connectivity index (χ0) is 21.7. The Balaban J connectivity index is 1.22. The molecule has 3 aliphatic rings. The van der Waals surface area contributed by atoms with Crippen molar-refractivity contribution in [2.75, 3.05) is 0 Å². The molecule has 0 atom stereocenters. The average molecular weight is 427 g/mol. The quantitative estimate of drug-likeness (QED) is 0.215. The molecule has 0 aromatic carbocycles. The Hall–Kier alpha value is -0.520. The van der Waals surface area contributed by atoms with Gasteiger partial charge in [0.2, 0.25) is 0 Å². The van der Waals surface area contributed by atoms with Crippen LogP contribution in [0.3, 0.4) is 0 Å². The van der Waals surface area contributed by atoms with Gasteiger partial charge in [0, 0.05) is 0 Å². The van der Waals surface area contributed by atoms with Crippen LogP contribution in [-0.4, -0.2) is 0 Å². The van der Waals surface area contributed by atoms with Crippen molar-refractivity contribution in [1.82, 2.24) is 0 Å². The topological polar surface area (TPSA) is 0 Å². The largest absolute Gasteiger partial charge is 0.103 e. The molecule has 0 heterocycles. The summed E-state index contributed by atoms with van der Waals surface area (Å²) >= 11 is 0. The first-order valence-electron chi connectivity index (χ1n) is 14.6. The molecule has 0 spiro atoms. The van der Waals surface area contributed by atoms with E-state index in [-0.39, 0.29) is 0 Å². The highest BCUT2D eigenvalue weighted by atomic mass is 14.4. The molecule has 3 fully saturated rings. The van der Waals surface area contributed by atoms with E-state index >= 15 is 0 Å². The normalized spacial score (nSPS) is 34.7. The van der Waals surface area contributed by atoms with E-state index in [2.05, 4.69) is 31.7 Å². The second-order valence-corrected chi connectivity index (χ2v) is 11.7.